The maximum atomic E-state index is 13.0. The number of nitrogens with zero attached hydrogens (tertiary/aromatic N) is 2. The van der Waals surface area contributed by atoms with Crippen LogP contribution in [0.3, 0.4) is 0 Å². The lowest BCUT2D eigenvalue weighted by molar-refractivity contribution is -0.141. The Morgan fingerprint density at radius 1 is 1.05 bits per heavy atom. The minimum absolute atomic E-state index is 0.0241. The number of rotatable bonds is 1. The molecular weight excluding hydrogens is 268 g/mol. The summed E-state index contributed by atoms with van der Waals surface area (Å²) in [6, 6.07) is -0.242. The molecule has 0 radical (unpaired) electrons. The second kappa shape index (κ2) is 5.85. The van der Waals surface area contributed by atoms with Gasteiger partial charge in [-0.3, -0.25) is 0 Å². The number of carbonyl (C=O) groups is 2. The third kappa shape index (κ3) is 2.62. The molecule has 0 bridgehead atoms. The van der Waals surface area contributed by atoms with Gasteiger partial charge in [-0.25, -0.2) is 9.59 Å². The first kappa shape index (κ1) is 14.7. The summed E-state index contributed by atoms with van der Waals surface area (Å²) < 4.78 is 0. The Labute approximate surface area is 126 Å². The van der Waals surface area contributed by atoms with Crippen LogP contribution < -0.4 is 0 Å². The van der Waals surface area contributed by atoms with Crippen LogP contribution in [0.25, 0.3) is 0 Å². The van der Waals surface area contributed by atoms with Crippen LogP contribution in [0.2, 0.25) is 0 Å². The van der Waals surface area contributed by atoms with Crippen LogP contribution in [-0.2, 0) is 4.79 Å². The number of amides is 2. The highest BCUT2D eigenvalue weighted by molar-refractivity contribution is 5.84. The average molecular weight is 294 g/mol. The van der Waals surface area contributed by atoms with E-state index in [0.717, 1.165) is 38.6 Å². The molecule has 1 N–H and O–H groups in total. The topological polar surface area (TPSA) is 60.9 Å². The molecule has 4 atom stereocenters. The maximum Gasteiger partial charge on any atom is 0.326 e. The predicted octanol–water partition coefficient (Wildman–Crippen LogP) is 2.70. The number of fused-ring (bicyclic) bond motifs is 1. The molecule has 118 valence electrons. The van der Waals surface area contributed by atoms with Gasteiger partial charge in [-0.15, -0.1) is 0 Å². The fourth-order valence-corrected chi connectivity index (χ4v) is 4.49. The van der Waals surface area contributed by atoms with Crippen LogP contribution in [0.15, 0.2) is 0 Å². The number of aliphatic carboxylic acids is 1. The molecule has 0 aromatic carbocycles. The zero-order valence-electron chi connectivity index (χ0n) is 12.8. The number of hydrogen-bond donors (Lipinski definition) is 1. The fourth-order valence-electron chi connectivity index (χ4n) is 4.49. The number of piperidine rings is 1. The zero-order valence-corrected chi connectivity index (χ0v) is 12.8. The van der Waals surface area contributed by atoms with Crippen molar-refractivity contribution in [1.29, 1.82) is 0 Å². The van der Waals surface area contributed by atoms with Crippen LogP contribution in [0.4, 0.5) is 4.79 Å². The van der Waals surface area contributed by atoms with Crippen LogP contribution in [0.1, 0.15) is 58.3 Å². The van der Waals surface area contributed by atoms with Gasteiger partial charge in [-0.2, -0.15) is 0 Å². The van der Waals surface area contributed by atoms with Crippen LogP contribution in [0.5, 0.6) is 0 Å². The van der Waals surface area contributed by atoms with Gasteiger partial charge >= 0.3 is 12.0 Å². The van der Waals surface area contributed by atoms with E-state index in [9.17, 15) is 14.7 Å². The molecule has 0 aromatic heterocycles. The number of carbonyl (C=O) groups excluding carboxylic acids is 1. The Kier molecular flexibility index (Phi) is 4.09. The van der Waals surface area contributed by atoms with Crippen molar-refractivity contribution in [2.45, 2.75) is 76.4 Å². The number of likely N-dealkylation sites (tertiary alicyclic amines) is 2. The Hall–Kier alpha value is -1.26. The second-order valence-corrected chi connectivity index (χ2v) is 6.93. The van der Waals surface area contributed by atoms with Crippen molar-refractivity contribution in [2.24, 2.45) is 5.92 Å². The molecule has 3 aliphatic rings. The van der Waals surface area contributed by atoms with E-state index in [0.29, 0.717) is 12.3 Å². The Balaban J connectivity index is 1.82. The van der Waals surface area contributed by atoms with E-state index < -0.39 is 12.0 Å². The van der Waals surface area contributed by atoms with Crippen molar-refractivity contribution < 1.29 is 14.7 Å². The Bertz CT molecular complexity index is 426. The molecule has 2 aliphatic heterocycles. The van der Waals surface area contributed by atoms with Crippen molar-refractivity contribution in [3.63, 3.8) is 0 Å². The quantitative estimate of drug-likeness (QED) is 0.809. The first-order valence-electron chi connectivity index (χ1n) is 8.41. The summed E-state index contributed by atoms with van der Waals surface area (Å²) >= 11 is 0. The predicted molar refractivity (Wildman–Crippen MR) is 79.0 cm³/mol. The average Bonchev–Trinajstić information content (AvgIpc) is 2.86. The third-order valence-electron chi connectivity index (χ3n) is 5.64. The maximum absolute atomic E-state index is 13.0. The Morgan fingerprint density at radius 3 is 2.48 bits per heavy atom. The molecule has 2 amide bonds. The van der Waals surface area contributed by atoms with Crippen LogP contribution >= 0.6 is 0 Å². The normalized spacial score (nSPS) is 36.4. The molecule has 3 fully saturated rings. The van der Waals surface area contributed by atoms with E-state index in [1.165, 1.54) is 12.8 Å². The summed E-state index contributed by atoms with van der Waals surface area (Å²) in [5.74, 6) is -0.439. The minimum Gasteiger partial charge on any atom is -0.480 e. The van der Waals surface area contributed by atoms with Gasteiger partial charge in [-0.05, 0) is 51.4 Å². The molecule has 2 heterocycles. The van der Waals surface area contributed by atoms with Crippen molar-refractivity contribution in [1.82, 2.24) is 9.80 Å². The van der Waals surface area contributed by atoms with Gasteiger partial charge in [0.05, 0.1) is 0 Å². The molecule has 5 heteroatoms. The molecule has 1 aliphatic carbocycles. The van der Waals surface area contributed by atoms with Gasteiger partial charge in [0.25, 0.3) is 0 Å². The van der Waals surface area contributed by atoms with Crippen molar-refractivity contribution in [3.05, 3.63) is 0 Å². The van der Waals surface area contributed by atoms with E-state index in [1.54, 1.807) is 4.90 Å². The lowest BCUT2D eigenvalue weighted by Crippen LogP contribution is -2.55. The van der Waals surface area contributed by atoms with Crippen molar-refractivity contribution in [3.8, 4) is 0 Å². The smallest absolute Gasteiger partial charge is 0.326 e. The summed E-state index contributed by atoms with van der Waals surface area (Å²) in [5.41, 5.74) is 0. The largest absolute Gasteiger partial charge is 0.480 e. The SMILES string of the molecule is CC1CCCCN1C(=O)N1C(C(=O)O)CC2CCCCC21. The highest BCUT2D eigenvalue weighted by Crippen LogP contribution is 2.40. The van der Waals surface area contributed by atoms with Gasteiger partial charge in [0.1, 0.15) is 6.04 Å². The van der Waals surface area contributed by atoms with Gasteiger partial charge in [0, 0.05) is 18.6 Å². The standard InChI is InChI=1S/C16H26N2O3/c1-11-6-4-5-9-17(11)16(21)18-13-8-3-2-7-12(13)10-14(18)15(19)20/h11-14H,2-10H2,1H3,(H,19,20). The zero-order chi connectivity index (χ0) is 15.0. The third-order valence-corrected chi connectivity index (χ3v) is 5.64. The van der Waals surface area contributed by atoms with Crippen molar-refractivity contribution in [2.75, 3.05) is 6.54 Å². The van der Waals surface area contributed by atoms with Crippen LogP contribution in [-0.4, -0.2) is 51.6 Å². The lowest BCUT2D eigenvalue weighted by Gasteiger charge is -2.40. The number of carboxylic acids is 1. The first-order chi connectivity index (χ1) is 10.1. The molecule has 1 saturated carbocycles. The van der Waals surface area contributed by atoms with E-state index in [4.69, 9.17) is 0 Å². The van der Waals surface area contributed by atoms with E-state index in [-0.39, 0.29) is 18.1 Å². The summed E-state index contributed by atoms with van der Waals surface area (Å²) in [6.07, 6.45) is 8.23. The minimum atomic E-state index is -0.831. The highest BCUT2D eigenvalue weighted by atomic mass is 16.4. The van der Waals surface area contributed by atoms with Gasteiger partial charge in [0.15, 0.2) is 0 Å². The molecular formula is C16H26N2O3. The van der Waals surface area contributed by atoms with Crippen molar-refractivity contribution >= 4 is 12.0 Å². The Morgan fingerprint density at radius 2 is 1.76 bits per heavy atom. The van der Waals surface area contributed by atoms with E-state index in [1.807, 2.05) is 4.90 Å². The molecule has 21 heavy (non-hydrogen) atoms. The fraction of sp³-hybridized carbons (Fsp3) is 0.875. The number of hydrogen-bond acceptors (Lipinski definition) is 2. The van der Waals surface area contributed by atoms with Gasteiger partial charge < -0.3 is 14.9 Å². The molecule has 4 unspecified atom stereocenters. The lowest BCUT2D eigenvalue weighted by atomic mass is 9.85. The highest BCUT2D eigenvalue weighted by Gasteiger charge is 2.49. The molecule has 2 saturated heterocycles. The molecule has 0 spiro atoms. The van der Waals surface area contributed by atoms with Crippen LogP contribution in [0, 0.1) is 5.92 Å². The number of urea groups is 1. The van der Waals surface area contributed by atoms with Gasteiger partial charge in [0.2, 0.25) is 0 Å². The molecule has 0 aromatic rings. The van der Waals surface area contributed by atoms with Gasteiger partial charge in [-0.1, -0.05) is 12.8 Å². The molecule has 5 nitrogen and oxygen atoms in total. The monoisotopic (exact) mass is 294 g/mol. The van der Waals surface area contributed by atoms with E-state index >= 15 is 0 Å². The number of carboxylic acid groups (broad SMARTS) is 1. The molecule has 3 rings (SSSR count). The van der Waals surface area contributed by atoms with E-state index in [2.05, 4.69) is 6.92 Å². The summed E-state index contributed by atoms with van der Waals surface area (Å²) in [4.78, 5) is 28.2. The first-order valence-corrected chi connectivity index (χ1v) is 8.41. The second-order valence-electron chi connectivity index (χ2n) is 6.93. The summed E-state index contributed by atoms with van der Waals surface area (Å²) in [7, 11) is 0. The summed E-state index contributed by atoms with van der Waals surface area (Å²) in [5, 5.41) is 9.53. The summed E-state index contributed by atoms with van der Waals surface area (Å²) in [6.45, 7) is 2.86.